The molecule has 2 fully saturated rings. The van der Waals surface area contributed by atoms with Crippen LogP contribution in [0.1, 0.15) is 38.1 Å². The third-order valence-electron chi connectivity index (χ3n) is 4.67. The van der Waals surface area contributed by atoms with E-state index in [2.05, 4.69) is 34.9 Å². The van der Waals surface area contributed by atoms with E-state index in [-0.39, 0.29) is 12.4 Å². The van der Waals surface area contributed by atoms with Crippen LogP contribution in [0.4, 0.5) is 0 Å². The number of halogens is 1. The summed E-state index contributed by atoms with van der Waals surface area (Å²) in [6, 6.07) is 3.24. The molecule has 0 radical (unpaired) electrons. The molecule has 0 unspecified atom stereocenters. The average molecular weight is 330 g/mol. The highest BCUT2D eigenvalue weighted by Gasteiger charge is 2.35. The third-order valence-corrected chi connectivity index (χ3v) is 4.67. The van der Waals surface area contributed by atoms with Gasteiger partial charge in [-0.2, -0.15) is 0 Å². The molecule has 0 amide bonds. The van der Waals surface area contributed by atoms with Crippen LogP contribution in [-0.4, -0.2) is 59.9 Å². The Morgan fingerprint density at radius 3 is 2.86 bits per heavy atom. The van der Waals surface area contributed by atoms with Crippen LogP contribution in [0.15, 0.2) is 10.6 Å². The Hall–Kier alpha value is -0.620. The maximum Gasteiger partial charge on any atom is 0.150 e. The molecule has 0 aromatic carbocycles. The summed E-state index contributed by atoms with van der Waals surface area (Å²) in [5.74, 6) is 0.988. The summed E-state index contributed by atoms with van der Waals surface area (Å²) in [6.07, 6.45) is 3.42. The van der Waals surface area contributed by atoms with Crippen LogP contribution in [0.25, 0.3) is 0 Å². The molecule has 5 nitrogen and oxygen atoms in total. The zero-order valence-electron chi connectivity index (χ0n) is 13.7. The first-order valence-electron chi connectivity index (χ1n) is 8.30. The minimum Gasteiger partial charge on any atom is -0.378 e. The number of ether oxygens (including phenoxy) is 1. The Morgan fingerprint density at radius 1 is 1.27 bits per heavy atom. The van der Waals surface area contributed by atoms with E-state index in [0.717, 1.165) is 57.3 Å². The molecule has 2 aliphatic heterocycles. The second-order valence-electron chi connectivity index (χ2n) is 6.24. The summed E-state index contributed by atoms with van der Waals surface area (Å²) in [4.78, 5) is 5.14. The van der Waals surface area contributed by atoms with Crippen LogP contribution in [0, 0.1) is 0 Å². The van der Waals surface area contributed by atoms with Gasteiger partial charge in [-0.3, -0.25) is 9.80 Å². The van der Waals surface area contributed by atoms with Crippen molar-refractivity contribution >= 4 is 12.4 Å². The zero-order valence-corrected chi connectivity index (χ0v) is 14.5. The summed E-state index contributed by atoms with van der Waals surface area (Å²) in [6.45, 7) is 10.3. The van der Waals surface area contributed by atoms with Crippen molar-refractivity contribution in [1.82, 2.24) is 15.0 Å². The number of fused-ring (bicyclic) bond motifs is 1. The highest BCUT2D eigenvalue weighted by Crippen LogP contribution is 2.22. The predicted molar refractivity (Wildman–Crippen MR) is 88.4 cm³/mol. The molecule has 1 aromatic heterocycles. The third kappa shape index (κ3) is 4.02. The van der Waals surface area contributed by atoms with Gasteiger partial charge < -0.3 is 9.26 Å². The molecule has 1 aromatic rings. The van der Waals surface area contributed by atoms with Crippen molar-refractivity contribution in [2.75, 3.05) is 32.8 Å². The largest absolute Gasteiger partial charge is 0.378 e. The van der Waals surface area contributed by atoms with E-state index in [1.54, 1.807) is 0 Å². The van der Waals surface area contributed by atoms with Gasteiger partial charge in [-0.05, 0) is 12.8 Å². The lowest BCUT2D eigenvalue weighted by Crippen LogP contribution is -2.61. The Kier molecular flexibility index (Phi) is 6.68. The van der Waals surface area contributed by atoms with Crippen LogP contribution in [0.5, 0.6) is 0 Å². The lowest BCUT2D eigenvalue weighted by molar-refractivity contribution is -0.0848. The molecule has 22 heavy (non-hydrogen) atoms. The molecule has 0 bridgehead atoms. The van der Waals surface area contributed by atoms with Gasteiger partial charge in [-0.15, -0.1) is 12.4 Å². The van der Waals surface area contributed by atoms with E-state index in [0.29, 0.717) is 12.1 Å². The Balaban J connectivity index is 0.00000176. The molecule has 2 saturated heterocycles. The quantitative estimate of drug-likeness (QED) is 0.829. The van der Waals surface area contributed by atoms with Crippen molar-refractivity contribution in [3.05, 3.63) is 17.5 Å². The van der Waals surface area contributed by atoms with Crippen molar-refractivity contribution < 1.29 is 9.26 Å². The van der Waals surface area contributed by atoms with Gasteiger partial charge in [0.05, 0.1) is 25.5 Å². The minimum absolute atomic E-state index is 0. The number of morpholine rings is 1. The number of aryl methyl sites for hydroxylation is 1. The van der Waals surface area contributed by atoms with E-state index in [9.17, 15) is 0 Å². The summed E-state index contributed by atoms with van der Waals surface area (Å²) in [7, 11) is 0. The fraction of sp³-hybridized carbons (Fsp3) is 0.812. The maximum absolute atomic E-state index is 5.82. The number of piperazine rings is 1. The van der Waals surface area contributed by atoms with Crippen LogP contribution in [0.3, 0.4) is 0 Å². The van der Waals surface area contributed by atoms with Crippen molar-refractivity contribution in [3.8, 4) is 0 Å². The van der Waals surface area contributed by atoms with Gasteiger partial charge in [0.15, 0.2) is 5.76 Å². The Morgan fingerprint density at radius 2 is 2.14 bits per heavy atom. The minimum atomic E-state index is 0. The van der Waals surface area contributed by atoms with Gasteiger partial charge in [0.25, 0.3) is 0 Å². The first kappa shape index (κ1) is 17.7. The highest BCUT2D eigenvalue weighted by atomic mass is 35.5. The summed E-state index contributed by atoms with van der Waals surface area (Å²) >= 11 is 0. The molecule has 2 aliphatic rings. The molecule has 6 heteroatoms. The van der Waals surface area contributed by atoms with Crippen molar-refractivity contribution in [2.24, 2.45) is 0 Å². The number of hydrogen-bond acceptors (Lipinski definition) is 5. The fourth-order valence-corrected chi connectivity index (χ4v) is 3.54. The fourth-order valence-electron chi connectivity index (χ4n) is 3.54. The van der Waals surface area contributed by atoms with Gasteiger partial charge in [0, 0.05) is 37.8 Å². The topological polar surface area (TPSA) is 41.7 Å². The van der Waals surface area contributed by atoms with E-state index >= 15 is 0 Å². The van der Waals surface area contributed by atoms with Crippen molar-refractivity contribution in [1.29, 1.82) is 0 Å². The van der Waals surface area contributed by atoms with Crippen molar-refractivity contribution in [2.45, 2.75) is 51.7 Å². The van der Waals surface area contributed by atoms with Gasteiger partial charge in [0.2, 0.25) is 0 Å². The van der Waals surface area contributed by atoms with Crippen LogP contribution in [0.2, 0.25) is 0 Å². The van der Waals surface area contributed by atoms with Gasteiger partial charge in [-0.1, -0.05) is 25.4 Å². The number of rotatable bonds is 5. The zero-order chi connectivity index (χ0) is 14.7. The number of aromatic nitrogens is 1. The first-order valence-corrected chi connectivity index (χ1v) is 8.30. The predicted octanol–water partition coefficient (Wildman–Crippen LogP) is 2.34. The highest BCUT2D eigenvalue weighted by molar-refractivity contribution is 5.85. The second kappa shape index (κ2) is 8.29. The van der Waals surface area contributed by atoms with Crippen LogP contribution in [-0.2, 0) is 17.7 Å². The van der Waals surface area contributed by atoms with Crippen molar-refractivity contribution in [3.63, 3.8) is 0 Å². The molecule has 0 saturated carbocycles. The number of hydrogen-bond donors (Lipinski definition) is 0. The Bertz CT molecular complexity index is 452. The lowest BCUT2D eigenvalue weighted by Gasteiger charge is -2.47. The normalized spacial score (nSPS) is 26.5. The molecule has 2 atom stereocenters. The SMILES string of the molecule is CCC[C@H]1COC[C@H]2CN(Cc3cc(CC)no3)CCN12.Cl. The second-order valence-corrected chi connectivity index (χ2v) is 6.24. The van der Waals surface area contributed by atoms with E-state index in [1.807, 2.05) is 0 Å². The van der Waals surface area contributed by atoms with E-state index in [4.69, 9.17) is 9.26 Å². The summed E-state index contributed by atoms with van der Waals surface area (Å²) in [5.41, 5.74) is 1.05. The molecule has 126 valence electrons. The molecular weight excluding hydrogens is 302 g/mol. The molecule has 0 N–H and O–H groups in total. The molecular formula is C16H28ClN3O2. The van der Waals surface area contributed by atoms with Gasteiger partial charge in [-0.25, -0.2) is 0 Å². The lowest BCUT2D eigenvalue weighted by atomic mass is 10.0. The Labute approximate surface area is 139 Å². The first-order chi connectivity index (χ1) is 10.3. The standard InChI is InChI=1S/C16H27N3O2.ClH/c1-3-5-14-11-20-12-15-9-18(6-7-19(14)15)10-16-8-13(4-2)17-21-16;/h8,14-15H,3-7,9-12H2,1-2H3;1H/t14-,15+;/m0./s1. The molecule has 3 heterocycles. The summed E-state index contributed by atoms with van der Waals surface area (Å²) < 4.78 is 11.2. The van der Waals surface area contributed by atoms with Crippen LogP contribution >= 0.6 is 12.4 Å². The van der Waals surface area contributed by atoms with Crippen LogP contribution < -0.4 is 0 Å². The molecule has 0 aliphatic carbocycles. The maximum atomic E-state index is 5.82. The van der Waals surface area contributed by atoms with E-state index < -0.39 is 0 Å². The molecule has 3 rings (SSSR count). The monoisotopic (exact) mass is 329 g/mol. The average Bonchev–Trinajstić information content (AvgIpc) is 2.95. The molecule has 0 spiro atoms. The smallest absolute Gasteiger partial charge is 0.150 e. The van der Waals surface area contributed by atoms with Gasteiger partial charge >= 0.3 is 0 Å². The summed E-state index contributed by atoms with van der Waals surface area (Å²) in [5, 5.41) is 4.08. The number of nitrogens with zero attached hydrogens (tertiary/aromatic N) is 3. The van der Waals surface area contributed by atoms with Gasteiger partial charge in [0.1, 0.15) is 0 Å². The van der Waals surface area contributed by atoms with E-state index in [1.165, 1.54) is 12.8 Å².